The van der Waals surface area contributed by atoms with Crippen molar-refractivity contribution in [1.82, 2.24) is 9.97 Å². The summed E-state index contributed by atoms with van der Waals surface area (Å²) in [4.78, 5) is 31.7. The van der Waals surface area contributed by atoms with Crippen LogP contribution in [0.25, 0.3) is 11.3 Å². The Morgan fingerprint density at radius 1 is 1.13 bits per heavy atom. The number of rotatable bonds is 5. The second-order valence-corrected chi connectivity index (χ2v) is 9.20. The van der Waals surface area contributed by atoms with Gasteiger partial charge in [-0.2, -0.15) is 5.26 Å². The number of nitriles is 1. The van der Waals surface area contributed by atoms with E-state index in [2.05, 4.69) is 36.1 Å². The standard InChI is InChI=1S/C24H24N4O2S/c1-15-5-11-18(12-6-15)26-20(29)14-31-23-27-21(19(13-25)22(30)28-23)16-7-9-17(10-8-16)24(2,3)4/h5-12H,14H2,1-4H3,(H,26,29)(H,27,28,30). The fourth-order valence-corrected chi connectivity index (χ4v) is 3.59. The molecule has 0 aliphatic rings. The number of aryl methyl sites for hydroxylation is 1. The molecule has 1 amide bonds. The summed E-state index contributed by atoms with van der Waals surface area (Å²) in [6.45, 7) is 8.32. The Kier molecular flexibility index (Phi) is 6.62. The number of aromatic amines is 1. The van der Waals surface area contributed by atoms with E-state index in [4.69, 9.17) is 0 Å². The van der Waals surface area contributed by atoms with Gasteiger partial charge in [-0.25, -0.2) is 4.98 Å². The molecule has 1 heterocycles. The van der Waals surface area contributed by atoms with Gasteiger partial charge in [0.05, 0.1) is 11.4 Å². The summed E-state index contributed by atoms with van der Waals surface area (Å²) >= 11 is 1.11. The summed E-state index contributed by atoms with van der Waals surface area (Å²) in [7, 11) is 0. The monoisotopic (exact) mass is 432 g/mol. The first-order valence-corrected chi connectivity index (χ1v) is 10.8. The summed E-state index contributed by atoms with van der Waals surface area (Å²) in [6.07, 6.45) is 0. The van der Waals surface area contributed by atoms with Gasteiger partial charge >= 0.3 is 0 Å². The molecule has 2 N–H and O–H groups in total. The number of nitrogens with one attached hydrogen (secondary N) is 2. The highest BCUT2D eigenvalue weighted by Gasteiger charge is 2.17. The van der Waals surface area contributed by atoms with Gasteiger partial charge in [0.25, 0.3) is 5.56 Å². The predicted molar refractivity (Wildman–Crippen MR) is 124 cm³/mol. The van der Waals surface area contributed by atoms with Crippen molar-refractivity contribution in [3.63, 3.8) is 0 Å². The van der Waals surface area contributed by atoms with Crippen molar-refractivity contribution >= 4 is 23.4 Å². The Morgan fingerprint density at radius 3 is 2.35 bits per heavy atom. The van der Waals surface area contributed by atoms with Crippen LogP contribution in [0.2, 0.25) is 0 Å². The zero-order valence-corrected chi connectivity index (χ0v) is 18.8. The molecule has 0 unspecified atom stereocenters. The van der Waals surface area contributed by atoms with Crippen molar-refractivity contribution in [3.05, 3.63) is 75.6 Å². The fourth-order valence-electron chi connectivity index (χ4n) is 2.93. The van der Waals surface area contributed by atoms with Gasteiger partial charge in [-0.05, 0) is 30.0 Å². The van der Waals surface area contributed by atoms with Crippen LogP contribution in [0.4, 0.5) is 5.69 Å². The molecule has 1 aromatic heterocycles. The van der Waals surface area contributed by atoms with Crippen LogP contribution in [0, 0.1) is 18.3 Å². The average molecular weight is 433 g/mol. The highest BCUT2D eigenvalue weighted by molar-refractivity contribution is 7.99. The number of benzene rings is 2. The lowest BCUT2D eigenvalue weighted by molar-refractivity contribution is -0.113. The molecule has 0 saturated heterocycles. The van der Waals surface area contributed by atoms with Gasteiger partial charge in [0.1, 0.15) is 11.6 Å². The van der Waals surface area contributed by atoms with E-state index >= 15 is 0 Å². The third-order valence-electron chi connectivity index (χ3n) is 4.71. The molecular formula is C24H24N4O2S. The van der Waals surface area contributed by atoms with Crippen molar-refractivity contribution in [2.45, 2.75) is 38.3 Å². The van der Waals surface area contributed by atoms with E-state index in [0.29, 0.717) is 16.9 Å². The SMILES string of the molecule is Cc1ccc(NC(=O)CSc2nc(-c3ccc(C(C)(C)C)cc3)c(C#N)c(=O)[nH]2)cc1. The van der Waals surface area contributed by atoms with Crippen molar-refractivity contribution in [3.8, 4) is 17.3 Å². The van der Waals surface area contributed by atoms with Crippen LogP contribution in [-0.2, 0) is 10.2 Å². The van der Waals surface area contributed by atoms with E-state index in [-0.39, 0.29) is 27.8 Å². The lowest BCUT2D eigenvalue weighted by Crippen LogP contribution is -2.17. The summed E-state index contributed by atoms with van der Waals surface area (Å²) in [6, 6.07) is 17.1. The fraction of sp³-hybridized carbons (Fsp3) is 0.250. The first kappa shape index (κ1) is 22.3. The first-order chi connectivity index (χ1) is 14.7. The number of thioether (sulfide) groups is 1. The Hall–Kier alpha value is -3.37. The third kappa shape index (κ3) is 5.62. The van der Waals surface area contributed by atoms with E-state index in [9.17, 15) is 14.9 Å². The number of hydrogen-bond acceptors (Lipinski definition) is 5. The highest BCUT2D eigenvalue weighted by Crippen LogP contribution is 2.27. The zero-order chi connectivity index (χ0) is 22.6. The molecule has 2 aromatic carbocycles. The van der Waals surface area contributed by atoms with E-state index < -0.39 is 5.56 Å². The predicted octanol–water partition coefficient (Wildman–Crippen LogP) is 4.65. The maximum absolute atomic E-state index is 12.4. The van der Waals surface area contributed by atoms with Gasteiger partial charge < -0.3 is 10.3 Å². The second kappa shape index (κ2) is 9.19. The number of hydrogen-bond donors (Lipinski definition) is 2. The number of anilines is 1. The minimum atomic E-state index is -0.520. The van der Waals surface area contributed by atoms with Crippen molar-refractivity contribution < 1.29 is 4.79 Å². The summed E-state index contributed by atoms with van der Waals surface area (Å²) < 4.78 is 0. The Bertz CT molecular complexity index is 1180. The van der Waals surface area contributed by atoms with Gasteiger partial charge in [-0.15, -0.1) is 0 Å². The summed E-state index contributed by atoms with van der Waals surface area (Å²) in [5.41, 5.74) is 3.37. The molecule has 6 nitrogen and oxygen atoms in total. The number of H-pyrrole nitrogens is 1. The van der Waals surface area contributed by atoms with E-state index in [1.54, 1.807) is 0 Å². The molecule has 3 rings (SSSR count). The number of carbonyl (C=O) groups is 1. The van der Waals surface area contributed by atoms with Crippen molar-refractivity contribution in [2.24, 2.45) is 0 Å². The van der Waals surface area contributed by atoms with Crippen LogP contribution in [0.5, 0.6) is 0 Å². The quantitative estimate of drug-likeness (QED) is 0.452. The summed E-state index contributed by atoms with van der Waals surface area (Å²) in [5.74, 6) is -0.137. The maximum Gasteiger partial charge on any atom is 0.270 e. The Morgan fingerprint density at radius 2 is 1.77 bits per heavy atom. The van der Waals surface area contributed by atoms with Crippen LogP contribution in [0.15, 0.2) is 58.5 Å². The largest absolute Gasteiger partial charge is 0.325 e. The van der Waals surface area contributed by atoms with E-state index in [1.165, 1.54) is 0 Å². The second-order valence-electron chi connectivity index (χ2n) is 8.24. The van der Waals surface area contributed by atoms with Crippen LogP contribution < -0.4 is 10.9 Å². The third-order valence-corrected chi connectivity index (χ3v) is 5.58. The van der Waals surface area contributed by atoms with Crippen molar-refractivity contribution in [1.29, 1.82) is 5.26 Å². The summed E-state index contributed by atoms with van der Waals surface area (Å²) in [5, 5.41) is 12.6. The molecule has 0 aliphatic carbocycles. The zero-order valence-electron chi connectivity index (χ0n) is 17.9. The Labute approximate surface area is 185 Å². The molecule has 7 heteroatoms. The molecule has 0 spiro atoms. The minimum Gasteiger partial charge on any atom is -0.325 e. The van der Waals surface area contributed by atoms with Gasteiger partial charge in [-0.3, -0.25) is 9.59 Å². The van der Waals surface area contributed by atoms with Gasteiger partial charge in [0, 0.05) is 11.3 Å². The minimum absolute atomic E-state index is 0.00992. The van der Waals surface area contributed by atoms with E-state index in [0.717, 1.165) is 22.9 Å². The molecule has 3 aromatic rings. The van der Waals surface area contributed by atoms with Crippen LogP contribution in [0.3, 0.4) is 0 Å². The molecule has 0 fully saturated rings. The molecule has 0 bridgehead atoms. The topological polar surface area (TPSA) is 98.6 Å². The lowest BCUT2D eigenvalue weighted by Gasteiger charge is -2.19. The van der Waals surface area contributed by atoms with E-state index in [1.807, 2.05) is 61.5 Å². The molecule has 0 radical (unpaired) electrons. The maximum atomic E-state index is 12.4. The molecule has 0 atom stereocenters. The average Bonchev–Trinajstić information content (AvgIpc) is 2.73. The number of aromatic nitrogens is 2. The Balaban J connectivity index is 1.80. The highest BCUT2D eigenvalue weighted by atomic mass is 32.2. The van der Waals surface area contributed by atoms with Crippen LogP contribution >= 0.6 is 11.8 Å². The molecule has 158 valence electrons. The lowest BCUT2D eigenvalue weighted by atomic mass is 9.86. The normalized spacial score (nSPS) is 11.1. The smallest absolute Gasteiger partial charge is 0.270 e. The molecular weight excluding hydrogens is 408 g/mol. The van der Waals surface area contributed by atoms with Gasteiger partial charge in [0.15, 0.2) is 5.16 Å². The van der Waals surface area contributed by atoms with Crippen LogP contribution in [0.1, 0.15) is 37.5 Å². The van der Waals surface area contributed by atoms with Gasteiger partial charge in [0.2, 0.25) is 5.91 Å². The number of nitrogens with zero attached hydrogens (tertiary/aromatic N) is 2. The number of carbonyl (C=O) groups excluding carboxylic acids is 1. The molecule has 0 aliphatic heterocycles. The van der Waals surface area contributed by atoms with Crippen LogP contribution in [-0.4, -0.2) is 21.6 Å². The number of amides is 1. The molecule has 0 saturated carbocycles. The van der Waals surface area contributed by atoms with Gasteiger partial charge in [-0.1, -0.05) is 74.5 Å². The molecule has 31 heavy (non-hydrogen) atoms. The van der Waals surface area contributed by atoms with Crippen molar-refractivity contribution in [2.75, 3.05) is 11.1 Å². The first-order valence-electron chi connectivity index (χ1n) is 9.82.